The number of aromatic nitrogens is 1. The second-order valence-corrected chi connectivity index (χ2v) is 7.92. The molecule has 0 N–H and O–H groups in total. The molecule has 122 valence electrons. The van der Waals surface area contributed by atoms with Crippen LogP contribution < -0.4 is 0 Å². The summed E-state index contributed by atoms with van der Waals surface area (Å²) in [6, 6.07) is 5.33. The first-order chi connectivity index (χ1) is 10.4. The Morgan fingerprint density at radius 3 is 2.82 bits per heavy atom. The molecule has 1 aliphatic heterocycles. The van der Waals surface area contributed by atoms with Gasteiger partial charge in [-0.15, -0.1) is 0 Å². The van der Waals surface area contributed by atoms with Crippen molar-refractivity contribution < 1.29 is 13.2 Å². The summed E-state index contributed by atoms with van der Waals surface area (Å²) in [7, 11) is -3.46. The van der Waals surface area contributed by atoms with E-state index in [1.54, 1.807) is 29.3 Å². The second-order valence-electron chi connectivity index (χ2n) is 5.94. The summed E-state index contributed by atoms with van der Waals surface area (Å²) in [6.07, 6.45) is 4.84. The highest BCUT2D eigenvalue weighted by atomic mass is 32.2. The van der Waals surface area contributed by atoms with Crippen LogP contribution in [-0.2, 0) is 21.4 Å². The molecule has 0 saturated carbocycles. The molecule has 22 heavy (non-hydrogen) atoms. The Kier molecular flexibility index (Phi) is 5.52. The van der Waals surface area contributed by atoms with Crippen LogP contribution in [0.5, 0.6) is 0 Å². The van der Waals surface area contributed by atoms with Gasteiger partial charge in [0, 0.05) is 19.3 Å². The molecule has 1 amide bonds. The molecule has 1 atom stereocenters. The lowest BCUT2D eigenvalue weighted by atomic mass is 10.0. The lowest BCUT2D eigenvalue weighted by Crippen LogP contribution is -2.45. The Morgan fingerprint density at radius 2 is 2.23 bits per heavy atom. The number of likely N-dealkylation sites (tertiary alicyclic amines) is 1. The van der Waals surface area contributed by atoms with Gasteiger partial charge in [0.2, 0.25) is 15.9 Å². The number of carbonyl (C=O) groups excluding carboxylic acids is 1. The van der Waals surface area contributed by atoms with Gasteiger partial charge in [-0.1, -0.05) is 13.0 Å². The van der Waals surface area contributed by atoms with Gasteiger partial charge in [0.15, 0.2) is 0 Å². The van der Waals surface area contributed by atoms with E-state index < -0.39 is 10.0 Å². The fourth-order valence-corrected chi connectivity index (χ4v) is 3.34. The van der Waals surface area contributed by atoms with Crippen molar-refractivity contribution >= 4 is 15.9 Å². The number of nitrogens with zero attached hydrogens (tertiary/aromatic N) is 3. The smallest absolute Gasteiger partial charge is 0.237 e. The van der Waals surface area contributed by atoms with Crippen LogP contribution in [0.25, 0.3) is 0 Å². The van der Waals surface area contributed by atoms with Crippen molar-refractivity contribution in [3.05, 3.63) is 30.1 Å². The second kappa shape index (κ2) is 7.19. The van der Waals surface area contributed by atoms with E-state index in [-0.39, 0.29) is 19.0 Å². The molecule has 6 nitrogen and oxygen atoms in total. The summed E-state index contributed by atoms with van der Waals surface area (Å²) in [5.41, 5.74) is 0.632. The van der Waals surface area contributed by atoms with Gasteiger partial charge in [-0.05, 0) is 30.9 Å². The summed E-state index contributed by atoms with van der Waals surface area (Å²) < 4.78 is 25.1. The molecule has 0 aliphatic carbocycles. The minimum Gasteiger partial charge on any atom is -0.341 e. The molecular weight excluding hydrogens is 302 g/mol. The minimum absolute atomic E-state index is 0.120. The fourth-order valence-electron chi connectivity index (χ4n) is 2.63. The summed E-state index contributed by atoms with van der Waals surface area (Å²) in [5.74, 6) is 0.341. The Morgan fingerprint density at radius 1 is 1.45 bits per heavy atom. The highest BCUT2D eigenvalue weighted by molar-refractivity contribution is 7.88. The summed E-state index contributed by atoms with van der Waals surface area (Å²) >= 11 is 0. The molecule has 1 aromatic heterocycles. The molecule has 1 fully saturated rings. The highest BCUT2D eigenvalue weighted by Crippen LogP contribution is 2.16. The van der Waals surface area contributed by atoms with Crippen molar-refractivity contribution in [2.75, 3.05) is 25.9 Å². The van der Waals surface area contributed by atoms with Crippen LogP contribution in [0.2, 0.25) is 0 Å². The topological polar surface area (TPSA) is 70.6 Å². The summed E-state index contributed by atoms with van der Waals surface area (Å²) in [6.45, 7) is 3.53. The molecule has 1 saturated heterocycles. The normalized spacial score (nSPS) is 19.4. The van der Waals surface area contributed by atoms with E-state index in [1.807, 2.05) is 0 Å². The SMILES string of the molecule is CC1CCCN(C(=O)CN(Cc2ccccn2)S(C)(=O)=O)C1. The van der Waals surface area contributed by atoms with Crippen LogP contribution in [0.1, 0.15) is 25.5 Å². The molecular formula is C15H23N3O3S. The van der Waals surface area contributed by atoms with Gasteiger partial charge in [0.05, 0.1) is 25.0 Å². The van der Waals surface area contributed by atoms with E-state index in [9.17, 15) is 13.2 Å². The zero-order valence-electron chi connectivity index (χ0n) is 13.1. The van der Waals surface area contributed by atoms with Crippen molar-refractivity contribution in [2.45, 2.75) is 26.3 Å². The molecule has 1 unspecified atom stereocenters. The van der Waals surface area contributed by atoms with Gasteiger partial charge in [0.25, 0.3) is 0 Å². The van der Waals surface area contributed by atoms with Crippen LogP contribution in [0.4, 0.5) is 0 Å². The number of pyridine rings is 1. The first-order valence-corrected chi connectivity index (χ1v) is 9.34. The zero-order chi connectivity index (χ0) is 16.2. The number of carbonyl (C=O) groups is 1. The van der Waals surface area contributed by atoms with Crippen LogP contribution in [0.15, 0.2) is 24.4 Å². The summed E-state index contributed by atoms with van der Waals surface area (Å²) in [5, 5.41) is 0. The number of sulfonamides is 1. The number of hydrogen-bond acceptors (Lipinski definition) is 4. The van der Waals surface area contributed by atoms with Gasteiger partial charge in [-0.25, -0.2) is 8.42 Å². The quantitative estimate of drug-likeness (QED) is 0.813. The van der Waals surface area contributed by atoms with Gasteiger partial charge in [-0.2, -0.15) is 4.31 Å². The maximum absolute atomic E-state index is 12.4. The van der Waals surface area contributed by atoms with Crippen LogP contribution >= 0.6 is 0 Å². The van der Waals surface area contributed by atoms with Gasteiger partial charge < -0.3 is 4.90 Å². The largest absolute Gasteiger partial charge is 0.341 e. The lowest BCUT2D eigenvalue weighted by molar-refractivity contribution is -0.133. The Labute approximate surface area is 132 Å². The molecule has 0 aromatic carbocycles. The highest BCUT2D eigenvalue weighted by Gasteiger charge is 2.26. The van der Waals surface area contributed by atoms with Gasteiger partial charge in [-0.3, -0.25) is 9.78 Å². The van der Waals surface area contributed by atoms with E-state index in [0.717, 1.165) is 19.1 Å². The molecule has 0 radical (unpaired) electrons. The van der Waals surface area contributed by atoms with Crippen LogP contribution in [-0.4, -0.2) is 54.4 Å². The Hall–Kier alpha value is -1.47. The number of rotatable bonds is 5. The van der Waals surface area contributed by atoms with E-state index in [1.165, 1.54) is 4.31 Å². The van der Waals surface area contributed by atoms with Gasteiger partial charge in [0.1, 0.15) is 0 Å². The number of piperidine rings is 1. The van der Waals surface area contributed by atoms with E-state index >= 15 is 0 Å². The maximum Gasteiger partial charge on any atom is 0.237 e. The first kappa shape index (κ1) is 16.9. The molecule has 2 rings (SSSR count). The first-order valence-electron chi connectivity index (χ1n) is 7.49. The molecule has 1 aromatic rings. The minimum atomic E-state index is -3.46. The van der Waals surface area contributed by atoms with Crippen molar-refractivity contribution in [3.63, 3.8) is 0 Å². The average molecular weight is 325 g/mol. The van der Waals surface area contributed by atoms with Crippen molar-refractivity contribution in [3.8, 4) is 0 Å². The molecule has 7 heteroatoms. The number of amides is 1. The van der Waals surface area contributed by atoms with E-state index in [4.69, 9.17) is 0 Å². The average Bonchev–Trinajstić information content (AvgIpc) is 2.46. The fraction of sp³-hybridized carbons (Fsp3) is 0.600. The maximum atomic E-state index is 12.4. The third-order valence-corrected chi connectivity index (χ3v) is 5.05. The number of hydrogen-bond donors (Lipinski definition) is 0. The predicted octanol–water partition coefficient (Wildman–Crippen LogP) is 1.10. The molecule has 0 spiro atoms. The lowest BCUT2D eigenvalue weighted by Gasteiger charge is -2.32. The third kappa shape index (κ3) is 4.78. The van der Waals surface area contributed by atoms with E-state index in [0.29, 0.717) is 24.7 Å². The van der Waals surface area contributed by atoms with Crippen molar-refractivity contribution in [1.29, 1.82) is 0 Å². The van der Waals surface area contributed by atoms with Crippen LogP contribution in [0.3, 0.4) is 0 Å². The summed E-state index contributed by atoms with van der Waals surface area (Å²) in [4.78, 5) is 18.3. The van der Waals surface area contributed by atoms with Crippen molar-refractivity contribution in [1.82, 2.24) is 14.2 Å². The monoisotopic (exact) mass is 325 g/mol. The Balaban J connectivity index is 2.05. The van der Waals surface area contributed by atoms with Gasteiger partial charge >= 0.3 is 0 Å². The van der Waals surface area contributed by atoms with Crippen LogP contribution in [0, 0.1) is 5.92 Å². The molecule has 2 heterocycles. The molecule has 1 aliphatic rings. The van der Waals surface area contributed by atoms with Crippen molar-refractivity contribution in [2.24, 2.45) is 5.92 Å². The molecule has 0 bridgehead atoms. The standard InChI is InChI=1S/C15H23N3O3S/c1-13-6-5-9-17(10-13)15(19)12-18(22(2,20)21)11-14-7-3-4-8-16-14/h3-4,7-8,13H,5-6,9-12H2,1-2H3. The third-order valence-electron chi connectivity index (χ3n) is 3.85. The zero-order valence-corrected chi connectivity index (χ0v) is 13.9. The Bertz CT molecular complexity index is 604. The predicted molar refractivity (Wildman–Crippen MR) is 84.5 cm³/mol. The van der Waals surface area contributed by atoms with E-state index in [2.05, 4.69) is 11.9 Å².